The van der Waals surface area contributed by atoms with Gasteiger partial charge in [0.15, 0.2) is 0 Å². The van der Waals surface area contributed by atoms with Crippen LogP contribution in [0.15, 0.2) is 24.5 Å². The first-order chi connectivity index (χ1) is 14.4. The SMILES string of the molecule is Cn1ncc(CN2CCCC23CCN(c2ccc(C(F)(F)F)cn2)CC3)c1C1CC1. The van der Waals surface area contributed by atoms with Crippen molar-refractivity contribution < 1.29 is 13.2 Å². The van der Waals surface area contributed by atoms with Crippen LogP contribution in [0, 0.1) is 0 Å². The van der Waals surface area contributed by atoms with Gasteiger partial charge in [-0.25, -0.2) is 4.98 Å². The van der Waals surface area contributed by atoms with Crippen molar-refractivity contribution in [2.75, 3.05) is 24.5 Å². The molecule has 0 bridgehead atoms. The van der Waals surface area contributed by atoms with Crippen LogP contribution < -0.4 is 4.90 Å². The number of likely N-dealkylation sites (tertiary alicyclic amines) is 1. The summed E-state index contributed by atoms with van der Waals surface area (Å²) >= 11 is 0. The average molecular weight is 419 g/mol. The lowest BCUT2D eigenvalue weighted by Crippen LogP contribution is -2.52. The van der Waals surface area contributed by atoms with Gasteiger partial charge in [0.25, 0.3) is 0 Å². The molecule has 0 radical (unpaired) electrons. The average Bonchev–Trinajstić information content (AvgIpc) is 3.40. The fraction of sp³-hybridized carbons (Fsp3) is 0.636. The number of aromatic nitrogens is 3. The largest absolute Gasteiger partial charge is 0.417 e. The number of anilines is 1. The van der Waals surface area contributed by atoms with Crippen molar-refractivity contribution in [1.82, 2.24) is 19.7 Å². The molecule has 0 atom stereocenters. The van der Waals surface area contributed by atoms with E-state index in [2.05, 4.69) is 24.6 Å². The number of pyridine rings is 1. The monoisotopic (exact) mass is 419 g/mol. The third kappa shape index (κ3) is 3.59. The van der Waals surface area contributed by atoms with Crippen LogP contribution in [0.25, 0.3) is 0 Å². The van der Waals surface area contributed by atoms with Gasteiger partial charge in [-0.2, -0.15) is 18.3 Å². The van der Waals surface area contributed by atoms with E-state index in [1.165, 1.54) is 43.0 Å². The summed E-state index contributed by atoms with van der Waals surface area (Å²) in [6.45, 7) is 3.73. The molecule has 0 aromatic carbocycles. The summed E-state index contributed by atoms with van der Waals surface area (Å²) in [7, 11) is 2.05. The minimum atomic E-state index is -4.34. The fourth-order valence-electron chi connectivity index (χ4n) is 5.40. The molecule has 2 aromatic heterocycles. The minimum absolute atomic E-state index is 0.194. The summed E-state index contributed by atoms with van der Waals surface area (Å²) in [5.41, 5.74) is 2.28. The Bertz CT molecular complexity index is 892. The molecule has 5 nitrogen and oxygen atoms in total. The van der Waals surface area contributed by atoms with Crippen molar-refractivity contribution in [1.29, 1.82) is 0 Å². The smallest absolute Gasteiger partial charge is 0.356 e. The zero-order valence-corrected chi connectivity index (χ0v) is 17.3. The van der Waals surface area contributed by atoms with Gasteiger partial charge in [0.05, 0.1) is 11.8 Å². The normalized spacial score (nSPS) is 22.2. The lowest BCUT2D eigenvalue weighted by molar-refractivity contribution is -0.137. The molecule has 30 heavy (non-hydrogen) atoms. The maximum Gasteiger partial charge on any atom is 0.417 e. The van der Waals surface area contributed by atoms with Crippen molar-refractivity contribution in [3.63, 3.8) is 0 Å². The van der Waals surface area contributed by atoms with Gasteiger partial charge in [-0.15, -0.1) is 0 Å². The van der Waals surface area contributed by atoms with Crippen molar-refractivity contribution in [3.05, 3.63) is 41.3 Å². The van der Waals surface area contributed by atoms with Crippen molar-refractivity contribution >= 4 is 5.82 Å². The van der Waals surface area contributed by atoms with Crippen LogP contribution in [-0.4, -0.2) is 44.8 Å². The molecule has 1 spiro atoms. The zero-order chi connectivity index (χ0) is 20.9. The number of nitrogens with zero attached hydrogens (tertiary/aromatic N) is 5. The molecule has 0 unspecified atom stereocenters. The highest BCUT2D eigenvalue weighted by Gasteiger charge is 2.44. The van der Waals surface area contributed by atoms with Gasteiger partial charge in [-0.3, -0.25) is 9.58 Å². The number of piperidine rings is 1. The highest BCUT2D eigenvalue weighted by atomic mass is 19.4. The van der Waals surface area contributed by atoms with Crippen LogP contribution in [0.3, 0.4) is 0 Å². The lowest BCUT2D eigenvalue weighted by atomic mass is 9.84. The molecule has 2 saturated heterocycles. The second-order valence-corrected chi connectivity index (χ2v) is 9.09. The minimum Gasteiger partial charge on any atom is -0.356 e. The molecule has 1 aliphatic carbocycles. The maximum atomic E-state index is 12.8. The highest BCUT2D eigenvalue weighted by molar-refractivity contribution is 5.41. The fourth-order valence-corrected chi connectivity index (χ4v) is 5.40. The first kappa shape index (κ1) is 19.8. The molecule has 2 aliphatic heterocycles. The van der Waals surface area contributed by atoms with Crippen molar-refractivity contribution in [2.45, 2.75) is 62.7 Å². The van der Waals surface area contributed by atoms with Crippen LogP contribution in [-0.2, 0) is 19.8 Å². The topological polar surface area (TPSA) is 37.2 Å². The van der Waals surface area contributed by atoms with Crippen molar-refractivity contribution in [2.24, 2.45) is 7.05 Å². The molecular formula is C22H28F3N5. The van der Waals surface area contributed by atoms with Gasteiger partial charge < -0.3 is 4.90 Å². The first-order valence-corrected chi connectivity index (χ1v) is 10.9. The van der Waals surface area contributed by atoms with E-state index in [1.807, 2.05) is 13.2 Å². The molecule has 1 saturated carbocycles. The van der Waals surface area contributed by atoms with Gasteiger partial charge in [0.1, 0.15) is 5.82 Å². The van der Waals surface area contributed by atoms with Gasteiger partial charge in [0, 0.05) is 55.6 Å². The molecule has 2 aromatic rings. The molecule has 162 valence electrons. The molecule has 5 rings (SSSR count). The predicted molar refractivity (Wildman–Crippen MR) is 108 cm³/mol. The van der Waals surface area contributed by atoms with Gasteiger partial charge in [-0.05, 0) is 57.2 Å². The third-order valence-electron chi connectivity index (χ3n) is 7.22. The Kier molecular flexibility index (Phi) is 4.80. The molecule has 4 heterocycles. The summed E-state index contributed by atoms with van der Waals surface area (Å²) in [5.74, 6) is 1.32. The Morgan fingerprint density at radius 2 is 1.83 bits per heavy atom. The number of hydrogen-bond acceptors (Lipinski definition) is 4. The second-order valence-electron chi connectivity index (χ2n) is 9.09. The van der Waals surface area contributed by atoms with Crippen LogP contribution in [0.2, 0.25) is 0 Å². The number of halogens is 3. The molecule has 8 heteroatoms. The van der Waals surface area contributed by atoms with Crippen molar-refractivity contribution in [3.8, 4) is 0 Å². The zero-order valence-electron chi connectivity index (χ0n) is 17.3. The van der Waals surface area contributed by atoms with Gasteiger partial charge in [0.2, 0.25) is 0 Å². The Labute approximate surface area is 174 Å². The lowest BCUT2D eigenvalue weighted by Gasteiger charge is -2.45. The van der Waals surface area contributed by atoms with E-state index < -0.39 is 11.7 Å². The first-order valence-electron chi connectivity index (χ1n) is 10.9. The molecule has 3 fully saturated rings. The van der Waals surface area contributed by atoms with E-state index >= 15 is 0 Å². The van der Waals surface area contributed by atoms with Crippen LogP contribution >= 0.6 is 0 Å². The standard InChI is InChI=1S/C22H28F3N5/c1-28-20(16-3-4-16)17(13-27-28)15-30-10-2-7-21(30)8-11-29(12-9-21)19-6-5-18(14-26-19)22(23,24)25/h5-6,13-14,16H,2-4,7-12,15H2,1H3. The quantitative estimate of drug-likeness (QED) is 0.739. The van der Waals surface area contributed by atoms with Gasteiger partial charge >= 0.3 is 6.18 Å². The number of hydrogen-bond donors (Lipinski definition) is 0. The van der Waals surface area contributed by atoms with E-state index in [-0.39, 0.29) is 5.54 Å². The highest BCUT2D eigenvalue weighted by Crippen LogP contribution is 2.44. The summed E-state index contributed by atoms with van der Waals surface area (Å²) in [4.78, 5) is 8.87. The van der Waals surface area contributed by atoms with E-state index in [0.29, 0.717) is 11.7 Å². The molecule has 0 N–H and O–H groups in total. The Hall–Kier alpha value is -2.09. The van der Waals surface area contributed by atoms with Crippen LogP contribution in [0.1, 0.15) is 61.3 Å². The number of rotatable bonds is 4. The van der Waals surface area contributed by atoms with E-state index in [0.717, 1.165) is 51.3 Å². The Morgan fingerprint density at radius 3 is 2.47 bits per heavy atom. The summed E-state index contributed by atoms with van der Waals surface area (Å²) in [5, 5.41) is 4.52. The second kappa shape index (κ2) is 7.25. The summed E-state index contributed by atoms with van der Waals surface area (Å²) in [6.07, 6.45) is 5.64. The third-order valence-corrected chi connectivity index (χ3v) is 7.22. The molecule has 3 aliphatic rings. The summed E-state index contributed by atoms with van der Waals surface area (Å²) < 4.78 is 40.5. The predicted octanol–water partition coefficient (Wildman–Crippen LogP) is 4.35. The van der Waals surface area contributed by atoms with E-state index in [9.17, 15) is 13.2 Å². The van der Waals surface area contributed by atoms with Gasteiger partial charge in [-0.1, -0.05) is 0 Å². The van der Waals surface area contributed by atoms with Crippen LogP contribution in [0.5, 0.6) is 0 Å². The van der Waals surface area contributed by atoms with E-state index in [4.69, 9.17) is 0 Å². The molecule has 0 amide bonds. The summed E-state index contributed by atoms with van der Waals surface area (Å²) in [6, 6.07) is 2.64. The number of alkyl halides is 3. The maximum absolute atomic E-state index is 12.8. The number of aryl methyl sites for hydroxylation is 1. The van der Waals surface area contributed by atoms with Crippen LogP contribution in [0.4, 0.5) is 19.0 Å². The van der Waals surface area contributed by atoms with E-state index in [1.54, 1.807) is 0 Å². The Morgan fingerprint density at radius 1 is 1.07 bits per heavy atom. The Balaban J connectivity index is 1.26. The molecular weight excluding hydrogens is 391 g/mol.